The second-order valence-corrected chi connectivity index (χ2v) is 5.67. The van der Waals surface area contributed by atoms with Crippen LogP contribution in [-0.4, -0.2) is 16.7 Å². The molecule has 1 heterocycles. The van der Waals surface area contributed by atoms with Gasteiger partial charge in [0.25, 0.3) is 11.7 Å². The first-order valence-corrected chi connectivity index (χ1v) is 7.51. The summed E-state index contributed by atoms with van der Waals surface area (Å²) in [5.74, 6) is -1.09. The zero-order chi connectivity index (χ0) is 16.4. The van der Waals surface area contributed by atoms with Gasteiger partial charge in [0.15, 0.2) is 0 Å². The maximum atomic E-state index is 12.5. The fourth-order valence-corrected chi connectivity index (χ4v) is 2.77. The lowest BCUT2D eigenvalue weighted by atomic mass is 10.1. The van der Waals surface area contributed by atoms with Crippen LogP contribution in [0, 0.1) is 13.8 Å². The van der Waals surface area contributed by atoms with Gasteiger partial charge in [-0.15, -0.1) is 0 Å². The van der Waals surface area contributed by atoms with E-state index >= 15 is 0 Å². The molecule has 0 saturated carbocycles. The van der Waals surface area contributed by atoms with Crippen molar-refractivity contribution < 1.29 is 9.59 Å². The Morgan fingerprint density at radius 1 is 1.04 bits per heavy atom. The van der Waals surface area contributed by atoms with Crippen molar-refractivity contribution in [2.24, 2.45) is 0 Å². The molecule has 0 spiro atoms. The number of aryl methyl sites for hydroxylation is 2. The van der Waals surface area contributed by atoms with Crippen molar-refractivity contribution >= 4 is 22.6 Å². The molecule has 0 aliphatic rings. The SMILES string of the molecule is Cc1cccc(CNC(=O)C(=O)c2c(C)[nH]c3ccccc23)c1. The molecule has 2 N–H and O–H groups in total. The number of H-pyrrole nitrogens is 1. The van der Waals surface area contributed by atoms with E-state index in [1.165, 1.54) is 0 Å². The molecule has 0 fully saturated rings. The highest BCUT2D eigenvalue weighted by Crippen LogP contribution is 2.22. The van der Waals surface area contributed by atoms with Gasteiger partial charge in [0, 0.05) is 23.1 Å². The van der Waals surface area contributed by atoms with Crippen LogP contribution >= 0.6 is 0 Å². The summed E-state index contributed by atoms with van der Waals surface area (Å²) in [5, 5.41) is 3.48. The number of aromatic nitrogens is 1. The number of fused-ring (bicyclic) bond motifs is 1. The minimum absolute atomic E-state index is 0.341. The molecule has 2 aromatic carbocycles. The largest absolute Gasteiger partial charge is 0.358 e. The molecule has 116 valence electrons. The summed E-state index contributed by atoms with van der Waals surface area (Å²) in [5.41, 5.74) is 4.11. The molecule has 0 aliphatic heterocycles. The average Bonchev–Trinajstić information content (AvgIpc) is 2.87. The number of rotatable bonds is 4. The standard InChI is InChI=1S/C19H18N2O2/c1-12-6-5-7-14(10-12)11-20-19(23)18(22)17-13(2)21-16-9-4-3-8-15(16)17/h3-10,21H,11H2,1-2H3,(H,20,23). The predicted octanol–water partition coefficient (Wildman–Crippen LogP) is 3.28. The molecule has 1 aromatic heterocycles. The molecule has 4 heteroatoms. The Hall–Kier alpha value is -2.88. The first kappa shape index (κ1) is 15.0. The molecule has 3 aromatic rings. The van der Waals surface area contributed by atoms with Crippen LogP contribution in [0.15, 0.2) is 48.5 Å². The predicted molar refractivity (Wildman–Crippen MR) is 90.4 cm³/mol. The van der Waals surface area contributed by atoms with Crippen LogP contribution in [0.4, 0.5) is 0 Å². The van der Waals surface area contributed by atoms with Gasteiger partial charge in [0.2, 0.25) is 0 Å². The van der Waals surface area contributed by atoms with Gasteiger partial charge in [-0.2, -0.15) is 0 Å². The van der Waals surface area contributed by atoms with E-state index in [1.807, 2.05) is 55.5 Å². The molecule has 23 heavy (non-hydrogen) atoms. The zero-order valence-electron chi connectivity index (χ0n) is 13.1. The third-order valence-electron chi connectivity index (χ3n) is 3.86. The lowest BCUT2D eigenvalue weighted by Crippen LogP contribution is -2.30. The van der Waals surface area contributed by atoms with Crippen LogP contribution in [0.5, 0.6) is 0 Å². The third kappa shape index (κ3) is 3.01. The highest BCUT2D eigenvalue weighted by molar-refractivity contribution is 6.45. The molecule has 0 radical (unpaired) electrons. The van der Waals surface area contributed by atoms with Crippen LogP contribution in [0.3, 0.4) is 0 Å². The highest BCUT2D eigenvalue weighted by atomic mass is 16.2. The van der Waals surface area contributed by atoms with E-state index in [1.54, 1.807) is 6.92 Å². The van der Waals surface area contributed by atoms with Gasteiger partial charge in [0.1, 0.15) is 0 Å². The number of Topliss-reactive ketones (excluding diaryl/α,β-unsaturated/α-hetero) is 1. The number of benzene rings is 2. The second kappa shape index (κ2) is 6.08. The summed E-state index contributed by atoms with van der Waals surface area (Å²) in [6.45, 7) is 4.14. The van der Waals surface area contributed by atoms with Crippen molar-refractivity contribution in [2.75, 3.05) is 0 Å². The van der Waals surface area contributed by atoms with Crippen molar-refractivity contribution in [1.29, 1.82) is 0 Å². The number of hydrogen-bond acceptors (Lipinski definition) is 2. The van der Waals surface area contributed by atoms with Gasteiger partial charge in [-0.25, -0.2) is 0 Å². The van der Waals surface area contributed by atoms with E-state index in [0.717, 1.165) is 22.0 Å². The topological polar surface area (TPSA) is 62.0 Å². The van der Waals surface area contributed by atoms with Crippen LogP contribution < -0.4 is 5.32 Å². The maximum Gasteiger partial charge on any atom is 0.292 e. The van der Waals surface area contributed by atoms with E-state index in [9.17, 15) is 9.59 Å². The van der Waals surface area contributed by atoms with Gasteiger partial charge in [-0.1, -0.05) is 48.0 Å². The maximum absolute atomic E-state index is 12.5. The Labute approximate surface area is 134 Å². The number of carbonyl (C=O) groups is 2. The van der Waals surface area contributed by atoms with Gasteiger partial charge < -0.3 is 10.3 Å². The average molecular weight is 306 g/mol. The fraction of sp³-hybridized carbons (Fsp3) is 0.158. The molecule has 0 bridgehead atoms. The van der Waals surface area contributed by atoms with Gasteiger partial charge >= 0.3 is 0 Å². The Morgan fingerprint density at radius 2 is 1.83 bits per heavy atom. The number of para-hydroxylation sites is 1. The van der Waals surface area contributed by atoms with Gasteiger partial charge in [-0.3, -0.25) is 9.59 Å². The summed E-state index contributed by atoms with van der Waals surface area (Å²) >= 11 is 0. The third-order valence-corrected chi connectivity index (χ3v) is 3.86. The number of amides is 1. The van der Waals surface area contributed by atoms with Crippen molar-refractivity contribution in [3.05, 3.63) is 70.9 Å². The Balaban J connectivity index is 1.79. The molecule has 1 amide bonds. The van der Waals surface area contributed by atoms with E-state index in [-0.39, 0.29) is 0 Å². The lowest BCUT2D eigenvalue weighted by Gasteiger charge is -2.06. The number of nitrogens with one attached hydrogen (secondary N) is 2. The molecular formula is C19H18N2O2. The minimum Gasteiger partial charge on any atom is -0.358 e. The summed E-state index contributed by atoms with van der Waals surface area (Å²) in [4.78, 5) is 27.9. The Bertz CT molecular complexity index is 893. The van der Waals surface area contributed by atoms with Gasteiger partial charge in [-0.05, 0) is 25.5 Å². The van der Waals surface area contributed by atoms with Crippen molar-refractivity contribution in [2.45, 2.75) is 20.4 Å². The first-order chi connectivity index (χ1) is 11.1. The number of carbonyl (C=O) groups excluding carboxylic acids is 2. The monoisotopic (exact) mass is 306 g/mol. The quantitative estimate of drug-likeness (QED) is 0.574. The summed E-state index contributed by atoms with van der Waals surface area (Å²) < 4.78 is 0. The number of aromatic amines is 1. The van der Waals surface area contributed by atoms with Gasteiger partial charge in [0.05, 0.1) is 5.56 Å². The molecule has 0 unspecified atom stereocenters. The van der Waals surface area contributed by atoms with Crippen LogP contribution in [0.2, 0.25) is 0 Å². The first-order valence-electron chi connectivity index (χ1n) is 7.51. The fourth-order valence-electron chi connectivity index (χ4n) is 2.77. The number of hydrogen-bond donors (Lipinski definition) is 2. The molecule has 0 atom stereocenters. The molecular weight excluding hydrogens is 288 g/mol. The minimum atomic E-state index is -0.584. The zero-order valence-corrected chi connectivity index (χ0v) is 13.1. The van der Waals surface area contributed by atoms with Crippen molar-refractivity contribution in [1.82, 2.24) is 10.3 Å². The van der Waals surface area contributed by atoms with E-state index in [0.29, 0.717) is 17.8 Å². The van der Waals surface area contributed by atoms with Crippen molar-refractivity contribution in [3.63, 3.8) is 0 Å². The van der Waals surface area contributed by atoms with Crippen LogP contribution in [0.25, 0.3) is 10.9 Å². The van der Waals surface area contributed by atoms with Crippen LogP contribution in [0.1, 0.15) is 27.2 Å². The normalized spacial score (nSPS) is 10.7. The smallest absolute Gasteiger partial charge is 0.292 e. The van der Waals surface area contributed by atoms with Crippen molar-refractivity contribution in [3.8, 4) is 0 Å². The Morgan fingerprint density at radius 3 is 2.61 bits per heavy atom. The molecule has 0 aliphatic carbocycles. The molecule has 3 rings (SSSR count). The summed E-state index contributed by atoms with van der Waals surface area (Å²) in [6, 6.07) is 15.3. The van der Waals surface area contributed by atoms with E-state index in [4.69, 9.17) is 0 Å². The van der Waals surface area contributed by atoms with Crippen LogP contribution in [-0.2, 0) is 11.3 Å². The lowest BCUT2D eigenvalue weighted by molar-refractivity contribution is -0.117. The summed E-state index contributed by atoms with van der Waals surface area (Å²) in [6.07, 6.45) is 0. The highest BCUT2D eigenvalue weighted by Gasteiger charge is 2.22. The van der Waals surface area contributed by atoms with E-state index in [2.05, 4.69) is 10.3 Å². The Kier molecular flexibility index (Phi) is 3.98. The van der Waals surface area contributed by atoms with E-state index < -0.39 is 11.7 Å². The molecule has 0 saturated heterocycles. The summed E-state index contributed by atoms with van der Waals surface area (Å²) in [7, 11) is 0. The second-order valence-electron chi connectivity index (χ2n) is 5.67. The number of ketones is 1. The molecule has 4 nitrogen and oxygen atoms in total.